The number of rotatable bonds is 4. The van der Waals surface area contributed by atoms with Gasteiger partial charge in [-0.15, -0.1) is 0 Å². The lowest BCUT2D eigenvalue weighted by atomic mass is 9.90. The summed E-state index contributed by atoms with van der Waals surface area (Å²) in [6.45, 7) is 0.405. The van der Waals surface area contributed by atoms with Gasteiger partial charge in [-0.3, -0.25) is 4.90 Å². The number of nitrogens with zero attached hydrogens (tertiary/aromatic N) is 1. The van der Waals surface area contributed by atoms with E-state index in [0.29, 0.717) is 19.5 Å². The molecule has 1 aromatic rings. The highest BCUT2D eigenvalue weighted by Gasteiger charge is 2.44. The van der Waals surface area contributed by atoms with Crippen molar-refractivity contribution in [3.63, 3.8) is 0 Å². The monoisotopic (exact) mass is 353 g/mol. The summed E-state index contributed by atoms with van der Waals surface area (Å²) in [4.78, 5) is 12.2. The van der Waals surface area contributed by atoms with Gasteiger partial charge in [0.15, 0.2) is 0 Å². The molecule has 0 spiro atoms. The average molecular weight is 354 g/mol. The van der Waals surface area contributed by atoms with Gasteiger partial charge >= 0.3 is 11.6 Å². The van der Waals surface area contributed by atoms with Crippen molar-refractivity contribution in [2.75, 3.05) is 19.6 Å². The summed E-state index contributed by atoms with van der Waals surface area (Å²) in [5.41, 5.74) is -0.589. The predicted molar refractivity (Wildman–Crippen MR) is 77.0 cm³/mol. The summed E-state index contributed by atoms with van der Waals surface area (Å²) in [6.07, 6.45) is -5.40. The van der Waals surface area contributed by atoms with Crippen LogP contribution >= 0.6 is 11.6 Å². The number of likely N-dealkylation sites (tertiary alicyclic amines) is 1. The van der Waals surface area contributed by atoms with Crippen molar-refractivity contribution in [3.8, 4) is 0 Å². The van der Waals surface area contributed by atoms with Gasteiger partial charge in [0.25, 0.3) is 0 Å². The molecule has 1 aliphatic rings. The van der Waals surface area contributed by atoms with Gasteiger partial charge in [-0.25, -0.2) is 9.18 Å². The van der Waals surface area contributed by atoms with Crippen molar-refractivity contribution in [1.29, 1.82) is 0 Å². The Bertz CT molecular complexity index is 535. The number of hydrogen-bond acceptors (Lipinski definition) is 3. The third-order valence-corrected chi connectivity index (χ3v) is 3.96. The second-order valence-electron chi connectivity index (χ2n) is 5.54. The molecule has 1 fully saturated rings. The highest BCUT2D eigenvalue weighted by Crippen LogP contribution is 2.30. The van der Waals surface area contributed by atoms with Crippen LogP contribution in [-0.4, -0.2) is 42.2 Å². The molecule has 0 radical (unpaired) electrons. The summed E-state index contributed by atoms with van der Waals surface area (Å²) in [5.74, 6) is -0.336. The second kappa shape index (κ2) is 7.49. The molecule has 23 heavy (non-hydrogen) atoms. The zero-order valence-corrected chi connectivity index (χ0v) is 12.9. The third-order valence-electron chi connectivity index (χ3n) is 3.87. The van der Waals surface area contributed by atoms with Crippen LogP contribution in [0.15, 0.2) is 24.3 Å². The maximum absolute atomic E-state index is 13.0. The predicted octanol–water partition coefficient (Wildman–Crippen LogP) is 4.31. The molecule has 128 valence electrons. The molecule has 0 aromatic heterocycles. The van der Waals surface area contributed by atoms with Gasteiger partial charge in [0.2, 0.25) is 6.10 Å². The minimum Gasteiger partial charge on any atom is -0.439 e. The van der Waals surface area contributed by atoms with Crippen LogP contribution in [0.1, 0.15) is 24.3 Å². The van der Waals surface area contributed by atoms with E-state index in [1.54, 1.807) is 17.0 Å². The van der Waals surface area contributed by atoms with Gasteiger partial charge in [-0.2, -0.15) is 13.2 Å². The first kappa shape index (κ1) is 18.0. The molecule has 0 aliphatic carbocycles. The van der Waals surface area contributed by atoms with Gasteiger partial charge in [0.05, 0.1) is 0 Å². The van der Waals surface area contributed by atoms with E-state index < -0.39 is 24.3 Å². The number of alkyl halides is 3. The maximum atomic E-state index is 13.0. The van der Waals surface area contributed by atoms with Crippen molar-refractivity contribution >= 4 is 17.0 Å². The van der Waals surface area contributed by atoms with Crippen LogP contribution in [0, 0.1) is 5.82 Å². The van der Waals surface area contributed by atoms with E-state index in [1.807, 2.05) is 0 Å². The quantitative estimate of drug-likeness (QED) is 0.596. The smallest absolute Gasteiger partial charge is 0.426 e. The Labute approximate surface area is 136 Å². The van der Waals surface area contributed by atoms with Crippen LogP contribution in [0.5, 0.6) is 0 Å². The number of halogens is 5. The Morgan fingerprint density at radius 1 is 1.35 bits per heavy atom. The first-order valence-electron chi connectivity index (χ1n) is 7.16. The Balaban J connectivity index is 2.02. The van der Waals surface area contributed by atoms with E-state index in [4.69, 9.17) is 11.6 Å². The van der Waals surface area contributed by atoms with Crippen LogP contribution in [0.3, 0.4) is 0 Å². The molecule has 2 rings (SSSR count). The molecule has 0 amide bonds. The maximum Gasteiger partial charge on any atom is 0.426 e. The molecular formula is C15H16ClF4NO2. The van der Waals surface area contributed by atoms with Crippen molar-refractivity contribution in [2.24, 2.45) is 0 Å². The molecule has 0 N–H and O–H groups in total. The molecule has 2 atom stereocenters. The fourth-order valence-electron chi connectivity index (χ4n) is 2.78. The molecule has 1 heterocycles. The lowest BCUT2D eigenvalue weighted by Gasteiger charge is -2.35. The Morgan fingerprint density at radius 2 is 2.00 bits per heavy atom. The molecule has 8 heteroatoms. The van der Waals surface area contributed by atoms with Crippen molar-refractivity contribution in [2.45, 2.75) is 31.0 Å². The standard InChI is InChI=1S/C15H16ClF4NO2/c16-14(22)23-13(15(18,19)20)9-21-7-1-2-11(8-21)10-3-5-12(17)6-4-10/h3-6,11,13H,1-2,7-9H2. The number of ether oxygens (including phenoxy) is 1. The van der Waals surface area contributed by atoms with E-state index in [2.05, 4.69) is 4.74 Å². The Kier molecular flexibility index (Phi) is 5.86. The molecule has 2 unspecified atom stereocenters. The van der Waals surface area contributed by atoms with Crippen LogP contribution in [-0.2, 0) is 4.74 Å². The second-order valence-corrected chi connectivity index (χ2v) is 5.84. The minimum absolute atomic E-state index is 0.0185. The highest BCUT2D eigenvalue weighted by atomic mass is 35.5. The zero-order valence-electron chi connectivity index (χ0n) is 12.2. The number of hydrogen-bond donors (Lipinski definition) is 0. The molecular weight excluding hydrogens is 338 g/mol. The normalized spacial score (nSPS) is 21.0. The fourth-order valence-corrected chi connectivity index (χ4v) is 2.89. The summed E-state index contributed by atoms with van der Waals surface area (Å²) in [6, 6.07) is 5.96. The summed E-state index contributed by atoms with van der Waals surface area (Å²) in [7, 11) is 0. The number of piperidine rings is 1. The van der Waals surface area contributed by atoms with Crippen molar-refractivity contribution < 1.29 is 27.1 Å². The molecule has 3 nitrogen and oxygen atoms in total. The van der Waals surface area contributed by atoms with E-state index in [-0.39, 0.29) is 11.7 Å². The van der Waals surface area contributed by atoms with E-state index in [1.165, 1.54) is 12.1 Å². The topological polar surface area (TPSA) is 29.5 Å². The molecule has 1 aromatic carbocycles. The minimum atomic E-state index is -4.67. The summed E-state index contributed by atoms with van der Waals surface area (Å²) < 4.78 is 55.8. The fraction of sp³-hybridized carbons (Fsp3) is 0.533. The van der Waals surface area contributed by atoms with Crippen LogP contribution in [0.4, 0.5) is 22.4 Å². The van der Waals surface area contributed by atoms with E-state index in [0.717, 1.165) is 12.0 Å². The number of carbonyl (C=O) groups is 1. The van der Waals surface area contributed by atoms with Gasteiger partial charge in [0.1, 0.15) is 5.82 Å². The largest absolute Gasteiger partial charge is 0.439 e. The van der Waals surface area contributed by atoms with Gasteiger partial charge in [-0.1, -0.05) is 12.1 Å². The lowest BCUT2D eigenvalue weighted by Crippen LogP contribution is -2.46. The van der Waals surface area contributed by atoms with Gasteiger partial charge in [-0.05, 0) is 43.0 Å². The molecule has 0 saturated carbocycles. The average Bonchev–Trinajstić information content (AvgIpc) is 2.46. The van der Waals surface area contributed by atoms with Crippen LogP contribution in [0.2, 0.25) is 0 Å². The highest BCUT2D eigenvalue weighted by molar-refractivity contribution is 6.61. The lowest BCUT2D eigenvalue weighted by molar-refractivity contribution is -0.206. The number of benzene rings is 1. The number of carbonyl (C=O) groups excluding carboxylic acids is 1. The zero-order chi connectivity index (χ0) is 17.0. The first-order valence-corrected chi connectivity index (χ1v) is 7.54. The van der Waals surface area contributed by atoms with Gasteiger partial charge in [0, 0.05) is 24.7 Å². The van der Waals surface area contributed by atoms with Gasteiger partial charge < -0.3 is 4.74 Å². The van der Waals surface area contributed by atoms with Crippen LogP contribution < -0.4 is 0 Å². The Hall–Kier alpha value is -1.34. The molecule has 1 aliphatic heterocycles. The van der Waals surface area contributed by atoms with Crippen LogP contribution in [0.25, 0.3) is 0 Å². The molecule has 1 saturated heterocycles. The summed E-state index contributed by atoms with van der Waals surface area (Å²) >= 11 is 4.92. The van der Waals surface area contributed by atoms with Crippen molar-refractivity contribution in [1.82, 2.24) is 4.90 Å². The third kappa shape index (κ3) is 5.35. The SMILES string of the molecule is O=C(Cl)OC(CN1CCCC(c2ccc(F)cc2)C1)C(F)(F)F. The van der Waals surface area contributed by atoms with Crippen molar-refractivity contribution in [3.05, 3.63) is 35.6 Å². The van der Waals surface area contributed by atoms with E-state index in [9.17, 15) is 22.4 Å². The molecule has 0 bridgehead atoms. The Morgan fingerprint density at radius 3 is 2.57 bits per heavy atom. The van der Waals surface area contributed by atoms with E-state index >= 15 is 0 Å². The summed E-state index contributed by atoms with van der Waals surface area (Å²) in [5, 5.41) is 0. The first-order chi connectivity index (χ1) is 10.8.